The summed E-state index contributed by atoms with van der Waals surface area (Å²) in [5.41, 5.74) is 1.57. The van der Waals surface area contributed by atoms with Gasteiger partial charge in [0.25, 0.3) is 5.91 Å². The summed E-state index contributed by atoms with van der Waals surface area (Å²) in [4.78, 5) is 20.9. The third kappa shape index (κ3) is 5.87. The predicted molar refractivity (Wildman–Crippen MR) is 133 cm³/mol. The standard InChI is InChI=1S/C24H25FN6OS2/c1-2-3-4-7-12-27-23(32)19-15-33-21(28-19)16-34-24-30-29-22(17-10-13-26-14-11-17)31(24)20-9-6-5-8-18(20)25/h5-6,8-11,13-15H,2-4,7,12,16H2,1H3,(H,27,32). The van der Waals surface area contributed by atoms with Gasteiger partial charge >= 0.3 is 0 Å². The number of benzene rings is 1. The first-order valence-corrected chi connectivity index (χ1v) is 13.0. The molecule has 0 atom stereocenters. The number of carbonyl (C=O) groups excluding carboxylic acids is 1. The van der Waals surface area contributed by atoms with Crippen LogP contribution in [0, 0.1) is 5.82 Å². The number of para-hydroxylation sites is 1. The molecule has 0 aliphatic rings. The van der Waals surface area contributed by atoms with E-state index < -0.39 is 0 Å². The van der Waals surface area contributed by atoms with Crippen molar-refractivity contribution in [2.24, 2.45) is 0 Å². The van der Waals surface area contributed by atoms with E-state index in [-0.39, 0.29) is 11.7 Å². The lowest BCUT2D eigenvalue weighted by molar-refractivity contribution is 0.0948. The number of nitrogens with one attached hydrogen (secondary N) is 1. The fourth-order valence-corrected chi connectivity index (χ4v) is 5.09. The molecule has 3 aromatic heterocycles. The van der Waals surface area contributed by atoms with Crippen LogP contribution in [0.15, 0.2) is 59.3 Å². The van der Waals surface area contributed by atoms with E-state index in [1.165, 1.54) is 35.6 Å². The maximum atomic E-state index is 14.7. The fraction of sp³-hybridized carbons (Fsp3) is 0.292. The van der Waals surface area contributed by atoms with E-state index in [0.717, 1.165) is 29.8 Å². The van der Waals surface area contributed by atoms with Crippen LogP contribution in [0.2, 0.25) is 0 Å². The van der Waals surface area contributed by atoms with Gasteiger partial charge in [0.1, 0.15) is 16.5 Å². The summed E-state index contributed by atoms with van der Waals surface area (Å²) in [5, 5.41) is 14.7. The molecule has 0 saturated carbocycles. The second-order valence-corrected chi connectivity index (χ2v) is 9.45. The number of unbranched alkanes of at least 4 members (excludes halogenated alkanes) is 3. The van der Waals surface area contributed by atoms with Crippen LogP contribution in [-0.2, 0) is 5.75 Å². The molecule has 1 N–H and O–H groups in total. The van der Waals surface area contributed by atoms with E-state index >= 15 is 0 Å². The highest BCUT2D eigenvalue weighted by Crippen LogP contribution is 2.31. The Balaban J connectivity index is 1.48. The van der Waals surface area contributed by atoms with Gasteiger partial charge in [0.2, 0.25) is 0 Å². The maximum absolute atomic E-state index is 14.7. The number of pyridine rings is 1. The number of carbonyl (C=O) groups is 1. The number of halogens is 1. The van der Waals surface area contributed by atoms with Crippen LogP contribution < -0.4 is 5.32 Å². The first-order valence-electron chi connectivity index (χ1n) is 11.1. The number of aromatic nitrogens is 5. The molecule has 0 aliphatic heterocycles. The Morgan fingerprint density at radius 1 is 1.12 bits per heavy atom. The third-order valence-electron chi connectivity index (χ3n) is 5.09. The quantitative estimate of drug-likeness (QED) is 0.217. The number of hydrogen-bond donors (Lipinski definition) is 1. The number of amides is 1. The molecule has 34 heavy (non-hydrogen) atoms. The second-order valence-electron chi connectivity index (χ2n) is 7.56. The summed E-state index contributed by atoms with van der Waals surface area (Å²) in [6.45, 7) is 2.82. The minimum Gasteiger partial charge on any atom is -0.351 e. The van der Waals surface area contributed by atoms with Crippen molar-refractivity contribution in [1.29, 1.82) is 0 Å². The lowest BCUT2D eigenvalue weighted by atomic mass is 10.2. The molecule has 3 heterocycles. The highest BCUT2D eigenvalue weighted by atomic mass is 32.2. The average Bonchev–Trinajstić information content (AvgIpc) is 3.51. The van der Waals surface area contributed by atoms with Crippen molar-refractivity contribution >= 4 is 29.0 Å². The molecule has 0 bridgehead atoms. The number of hydrogen-bond acceptors (Lipinski definition) is 7. The van der Waals surface area contributed by atoms with E-state index in [1.54, 1.807) is 40.5 Å². The van der Waals surface area contributed by atoms with Crippen LogP contribution in [-0.4, -0.2) is 37.2 Å². The van der Waals surface area contributed by atoms with Gasteiger partial charge < -0.3 is 5.32 Å². The maximum Gasteiger partial charge on any atom is 0.270 e. The van der Waals surface area contributed by atoms with Gasteiger partial charge in [-0.05, 0) is 30.7 Å². The Kier molecular flexibility index (Phi) is 8.37. The Morgan fingerprint density at radius 2 is 1.94 bits per heavy atom. The van der Waals surface area contributed by atoms with Gasteiger partial charge in [0, 0.05) is 29.9 Å². The van der Waals surface area contributed by atoms with Crippen LogP contribution in [0.4, 0.5) is 4.39 Å². The van der Waals surface area contributed by atoms with E-state index in [9.17, 15) is 9.18 Å². The number of rotatable bonds is 11. The van der Waals surface area contributed by atoms with Crippen molar-refractivity contribution in [2.75, 3.05) is 6.54 Å². The van der Waals surface area contributed by atoms with Crippen LogP contribution in [0.3, 0.4) is 0 Å². The normalized spacial score (nSPS) is 11.0. The SMILES string of the molecule is CCCCCCNC(=O)c1csc(CSc2nnc(-c3ccncc3)n2-c2ccccc2F)n1. The molecule has 0 unspecified atom stereocenters. The smallest absolute Gasteiger partial charge is 0.270 e. The van der Waals surface area contributed by atoms with Crippen molar-refractivity contribution in [2.45, 2.75) is 43.5 Å². The number of thiazole rings is 1. The highest BCUT2D eigenvalue weighted by molar-refractivity contribution is 7.98. The van der Waals surface area contributed by atoms with E-state index in [0.29, 0.717) is 34.7 Å². The van der Waals surface area contributed by atoms with Crippen LogP contribution >= 0.6 is 23.1 Å². The third-order valence-corrected chi connectivity index (χ3v) is 7.06. The van der Waals surface area contributed by atoms with Crippen molar-refractivity contribution in [3.63, 3.8) is 0 Å². The van der Waals surface area contributed by atoms with Crippen LogP contribution in [0.25, 0.3) is 17.1 Å². The molecule has 1 aromatic carbocycles. The Hall–Kier alpha value is -3.11. The van der Waals surface area contributed by atoms with Gasteiger partial charge in [-0.1, -0.05) is 50.1 Å². The van der Waals surface area contributed by atoms with Crippen LogP contribution in [0.1, 0.15) is 48.1 Å². The monoisotopic (exact) mass is 496 g/mol. The van der Waals surface area contributed by atoms with E-state index in [1.807, 2.05) is 12.1 Å². The highest BCUT2D eigenvalue weighted by Gasteiger charge is 2.19. The zero-order valence-corrected chi connectivity index (χ0v) is 20.4. The second kappa shape index (κ2) is 11.8. The summed E-state index contributed by atoms with van der Waals surface area (Å²) in [6.07, 6.45) is 7.74. The van der Waals surface area contributed by atoms with Crippen molar-refractivity contribution < 1.29 is 9.18 Å². The molecule has 1 amide bonds. The summed E-state index contributed by atoms with van der Waals surface area (Å²) < 4.78 is 16.4. The minimum atomic E-state index is -0.369. The van der Waals surface area contributed by atoms with Crippen molar-refractivity contribution in [3.8, 4) is 17.1 Å². The Bertz CT molecular complexity index is 1230. The first-order chi connectivity index (χ1) is 16.7. The van der Waals surface area contributed by atoms with Gasteiger partial charge in [-0.3, -0.25) is 14.3 Å². The molecular weight excluding hydrogens is 471 g/mol. The summed E-state index contributed by atoms with van der Waals surface area (Å²) >= 11 is 2.81. The average molecular weight is 497 g/mol. The molecule has 0 aliphatic carbocycles. The molecule has 7 nitrogen and oxygen atoms in total. The molecule has 0 fully saturated rings. The van der Waals surface area contributed by atoms with Crippen molar-refractivity contribution in [3.05, 3.63) is 70.7 Å². The van der Waals surface area contributed by atoms with Crippen molar-refractivity contribution in [1.82, 2.24) is 30.0 Å². The summed E-state index contributed by atoms with van der Waals surface area (Å²) in [7, 11) is 0. The Morgan fingerprint density at radius 3 is 2.74 bits per heavy atom. The Labute approximate surface area is 205 Å². The molecular formula is C24H25FN6OS2. The summed E-state index contributed by atoms with van der Waals surface area (Å²) in [5.74, 6) is 0.486. The first kappa shape index (κ1) is 24.0. The van der Waals surface area contributed by atoms with Gasteiger partial charge in [-0.2, -0.15) is 0 Å². The lowest BCUT2D eigenvalue weighted by Gasteiger charge is -2.10. The molecule has 10 heteroatoms. The van der Waals surface area contributed by atoms with Gasteiger partial charge in [0.15, 0.2) is 11.0 Å². The van der Waals surface area contributed by atoms with Gasteiger partial charge in [-0.25, -0.2) is 9.37 Å². The molecule has 4 aromatic rings. The van der Waals surface area contributed by atoms with Gasteiger partial charge in [-0.15, -0.1) is 21.5 Å². The van der Waals surface area contributed by atoms with Crippen LogP contribution in [0.5, 0.6) is 0 Å². The number of thioether (sulfide) groups is 1. The van der Waals surface area contributed by atoms with E-state index in [4.69, 9.17) is 0 Å². The number of nitrogens with zero attached hydrogens (tertiary/aromatic N) is 5. The zero-order chi connectivity index (χ0) is 23.8. The largest absolute Gasteiger partial charge is 0.351 e. The topological polar surface area (TPSA) is 85.6 Å². The molecule has 0 spiro atoms. The lowest BCUT2D eigenvalue weighted by Crippen LogP contribution is -2.24. The fourth-order valence-electron chi connectivity index (χ4n) is 3.35. The predicted octanol–water partition coefficient (Wildman–Crippen LogP) is 5.53. The molecule has 4 rings (SSSR count). The molecule has 176 valence electrons. The van der Waals surface area contributed by atoms with E-state index in [2.05, 4.69) is 32.4 Å². The van der Waals surface area contributed by atoms with Gasteiger partial charge in [0.05, 0.1) is 11.4 Å². The minimum absolute atomic E-state index is 0.154. The molecule has 0 radical (unpaired) electrons. The zero-order valence-electron chi connectivity index (χ0n) is 18.8. The molecule has 0 saturated heterocycles. The summed E-state index contributed by atoms with van der Waals surface area (Å²) in [6, 6.07) is 10.1.